The Balaban J connectivity index is 1.10. The van der Waals surface area contributed by atoms with Gasteiger partial charge in [-0.05, 0) is 68.9 Å². The Morgan fingerprint density at radius 3 is 2.39 bits per heavy atom. The minimum absolute atomic E-state index is 0.140. The van der Waals surface area contributed by atoms with Gasteiger partial charge in [-0.25, -0.2) is 0 Å². The number of ether oxygens (including phenoxy) is 2. The lowest BCUT2D eigenvalue weighted by Gasteiger charge is -2.32. The van der Waals surface area contributed by atoms with Gasteiger partial charge in [0.05, 0.1) is 12.5 Å². The van der Waals surface area contributed by atoms with Gasteiger partial charge in [-0.2, -0.15) is 0 Å². The topological polar surface area (TPSA) is 47.6 Å². The van der Waals surface area contributed by atoms with Gasteiger partial charge in [0.25, 0.3) is 0 Å². The molecule has 2 saturated carbocycles. The molecule has 1 N–H and O–H groups in total. The van der Waals surface area contributed by atoms with E-state index in [9.17, 15) is 4.79 Å². The molecule has 2 aliphatic rings. The summed E-state index contributed by atoms with van der Waals surface area (Å²) in [5.41, 5.74) is 1.03. The molecular formula is C27H43NO3. The molecule has 0 atom stereocenters. The molecule has 0 radical (unpaired) electrons. The highest BCUT2D eigenvalue weighted by Gasteiger charge is 2.24. The van der Waals surface area contributed by atoms with Crippen molar-refractivity contribution in [2.24, 2.45) is 11.8 Å². The Hall–Kier alpha value is -1.39. The molecule has 0 saturated heterocycles. The first-order valence-corrected chi connectivity index (χ1v) is 12.8. The smallest absolute Gasteiger partial charge is 0.307 e. The molecule has 4 heteroatoms. The molecule has 0 spiro atoms. The minimum Gasteiger partial charge on any atom is -0.461 e. The SMILES string of the molecule is O=C(CCNCCCCOC1CCC(CC2CCCCC2)CC1)OCc1ccccc1. The van der Waals surface area contributed by atoms with Crippen molar-refractivity contribution < 1.29 is 14.3 Å². The van der Waals surface area contributed by atoms with Crippen LogP contribution in [-0.4, -0.2) is 31.8 Å². The van der Waals surface area contributed by atoms with E-state index < -0.39 is 0 Å². The Bertz CT molecular complexity index is 592. The summed E-state index contributed by atoms with van der Waals surface area (Å²) in [5.74, 6) is 1.85. The van der Waals surface area contributed by atoms with Gasteiger partial charge in [0.15, 0.2) is 0 Å². The van der Waals surface area contributed by atoms with E-state index in [2.05, 4.69) is 5.32 Å². The van der Waals surface area contributed by atoms with E-state index in [4.69, 9.17) is 9.47 Å². The molecule has 1 aromatic rings. The van der Waals surface area contributed by atoms with Crippen molar-refractivity contribution in [3.8, 4) is 0 Å². The number of rotatable bonds is 13. The van der Waals surface area contributed by atoms with E-state index in [1.165, 1.54) is 64.2 Å². The zero-order valence-corrected chi connectivity index (χ0v) is 19.4. The number of esters is 1. The van der Waals surface area contributed by atoms with Crippen molar-refractivity contribution in [2.75, 3.05) is 19.7 Å². The molecule has 0 aromatic heterocycles. The zero-order chi connectivity index (χ0) is 21.6. The van der Waals surface area contributed by atoms with Gasteiger partial charge < -0.3 is 14.8 Å². The third-order valence-electron chi connectivity index (χ3n) is 7.04. The summed E-state index contributed by atoms with van der Waals surface area (Å²) in [5, 5.41) is 3.34. The molecule has 0 amide bonds. The average Bonchev–Trinajstić information content (AvgIpc) is 2.82. The van der Waals surface area contributed by atoms with Crippen LogP contribution in [0.25, 0.3) is 0 Å². The summed E-state index contributed by atoms with van der Waals surface area (Å²) in [6.07, 6.45) is 17.2. The maximum Gasteiger partial charge on any atom is 0.307 e. The summed E-state index contributed by atoms with van der Waals surface area (Å²) in [6.45, 7) is 2.85. The van der Waals surface area contributed by atoms with E-state index in [-0.39, 0.29) is 5.97 Å². The van der Waals surface area contributed by atoms with Gasteiger partial charge in [0.2, 0.25) is 0 Å². The first-order valence-electron chi connectivity index (χ1n) is 12.8. The highest BCUT2D eigenvalue weighted by Crippen LogP contribution is 2.35. The van der Waals surface area contributed by atoms with E-state index in [0.717, 1.165) is 43.4 Å². The van der Waals surface area contributed by atoms with Gasteiger partial charge in [-0.3, -0.25) is 4.79 Å². The number of unbranched alkanes of at least 4 members (excludes halogenated alkanes) is 1. The number of benzene rings is 1. The minimum atomic E-state index is -0.140. The average molecular weight is 430 g/mol. The fraction of sp³-hybridized carbons (Fsp3) is 0.741. The molecule has 4 nitrogen and oxygen atoms in total. The van der Waals surface area contributed by atoms with Crippen molar-refractivity contribution in [2.45, 2.75) is 96.2 Å². The lowest BCUT2D eigenvalue weighted by molar-refractivity contribution is -0.144. The van der Waals surface area contributed by atoms with E-state index in [0.29, 0.717) is 25.7 Å². The standard InChI is InChI=1S/C27H43NO3/c29-27(31-22-25-11-5-2-6-12-25)17-19-28-18-7-8-20-30-26-15-13-24(14-16-26)21-23-9-3-1-4-10-23/h2,5-6,11-12,23-24,26,28H,1,3-4,7-10,13-22H2. The van der Waals surface area contributed by atoms with Crippen LogP contribution in [0.15, 0.2) is 30.3 Å². The fourth-order valence-corrected chi connectivity index (χ4v) is 5.16. The Morgan fingerprint density at radius 1 is 0.871 bits per heavy atom. The maximum absolute atomic E-state index is 11.8. The van der Waals surface area contributed by atoms with Gasteiger partial charge in [0.1, 0.15) is 6.61 Å². The number of nitrogens with one attached hydrogen (secondary N) is 1. The number of carbonyl (C=O) groups is 1. The summed E-state index contributed by atoms with van der Waals surface area (Å²) >= 11 is 0. The van der Waals surface area contributed by atoms with Crippen molar-refractivity contribution in [1.29, 1.82) is 0 Å². The van der Waals surface area contributed by atoms with E-state index in [1.807, 2.05) is 30.3 Å². The summed E-state index contributed by atoms with van der Waals surface area (Å²) < 4.78 is 11.4. The summed E-state index contributed by atoms with van der Waals surface area (Å²) in [6, 6.07) is 9.81. The number of carbonyl (C=O) groups excluding carboxylic acids is 1. The van der Waals surface area contributed by atoms with Crippen LogP contribution in [0.1, 0.15) is 89.0 Å². The quantitative estimate of drug-likeness (QED) is 0.307. The molecule has 0 aliphatic heterocycles. The number of hydrogen-bond acceptors (Lipinski definition) is 4. The van der Waals surface area contributed by atoms with Gasteiger partial charge in [-0.1, -0.05) is 62.4 Å². The van der Waals surface area contributed by atoms with Crippen LogP contribution >= 0.6 is 0 Å². The molecular weight excluding hydrogens is 386 g/mol. The van der Waals surface area contributed by atoms with Crippen molar-refractivity contribution in [1.82, 2.24) is 5.32 Å². The van der Waals surface area contributed by atoms with Gasteiger partial charge in [0, 0.05) is 13.2 Å². The van der Waals surface area contributed by atoms with Crippen molar-refractivity contribution in [3.63, 3.8) is 0 Å². The van der Waals surface area contributed by atoms with Crippen LogP contribution in [0.4, 0.5) is 0 Å². The Kier molecular flexibility index (Phi) is 11.4. The summed E-state index contributed by atoms with van der Waals surface area (Å²) in [4.78, 5) is 11.8. The first-order chi connectivity index (χ1) is 15.3. The van der Waals surface area contributed by atoms with Crippen LogP contribution in [0.5, 0.6) is 0 Å². The van der Waals surface area contributed by atoms with E-state index in [1.54, 1.807) is 0 Å². The molecule has 3 rings (SSSR count). The van der Waals surface area contributed by atoms with Crippen LogP contribution in [0.2, 0.25) is 0 Å². The molecule has 0 unspecified atom stereocenters. The van der Waals surface area contributed by atoms with Gasteiger partial charge >= 0.3 is 5.97 Å². The largest absolute Gasteiger partial charge is 0.461 e. The van der Waals surface area contributed by atoms with E-state index >= 15 is 0 Å². The monoisotopic (exact) mass is 429 g/mol. The molecule has 2 fully saturated rings. The molecule has 0 heterocycles. The van der Waals surface area contributed by atoms with Crippen LogP contribution < -0.4 is 5.32 Å². The zero-order valence-electron chi connectivity index (χ0n) is 19.4. The van der Waals surface area contributed by atoms with Crippen LogP contribution in [0, 0.1) is 11.8 Å². The lowest BCUT2D eigenvalue weighted by atomic mass is 9.77. The van der Waals surface area contributed by atoms with Gasteiger partial charge in [-0.15, -0.1) is 0 Å². The maximum atomic E-state index is 11.8. The highest BCUT2D eigenvalue weighted by molar-refractivity contribution is 5.69. The Morgan fingerprint density at radius 2 is 1.61 bits per heavy atom. The third-order valence-corrected chi connectivity index (χ3v) is 7.04. The molecule has 0 bridgehead atoms. The first kappa shape index (κ1) is 24.3. The summed E-state index contributed by atoms with van der Waals surface area (Å²) in [7, 11) is 0. The normalized spacial score (nSPS) is 22.3. The lowest BCUT2D eigenvalue weighted by Crippen LogP contribution is -2.24. The second kappa shape index (κ2) is 14.6. The highest BCUT2D eigenvalue weighted by atomic mass is 16.5. The second-order valence-electron chi connectivity index (χ2n) is 9.61. The molecule has 2 aliphatic carbocycles. The molecule has 31 heavy (non-hydrogen) atoms. The molecule has 1 aromatic carbocycles. The van der Waals surface area contributed by atoms with Crippen LogP contribution in [-0.2, 0) is 20.9 Å². The predicted octanol–water partition coefficient (Wildman–Crippen LogP) is 6.04. The predicted molar refractivity (Wildman–Crippen MR) is 126 cm³/mol. The van der Waals surface area contributed by atoms with Crippen molar-refractivity contribution in [3.05, 3.63) is 35.9 Å². The van der Waals surface area contributed by atoms with Crippen LogP contribution in [0.3, 0.4) is 0 Å². The third kappa shape index (κ3) is 10.2. The fourth-order valence-electron chi connectivity index (χ4n) is 5.16. The number of hydrogen-bond donors (Lipinski definition) is 1. The second-order valence-corrected chi connectivity index (χ2v) is 9.61. The molecule has 174 valence electrons. The van der Waals surface area contributed by atoms with Crippen molar-refractivity contribution >= 4 is 5.97 Å². The Labute approximate surface area is 189 Å².